The molecule has 17 heavy (non-hydrogen) atoms. The van der Waals surface area contributed by atoms with E-state index in [9.17, 15) is 22.4 Å². The smallest absolute Gasteiger partial charge is 0.264 e. The summed E-state index contributed by atoms with van der Waals surface area (Å²) in [6.45, 7) is 1.20. The third-order valence-corrected chi connectivity index (χ3v) is 3.39. The van der Waals surface area contributed by atoms with Gasteiger partial charge in [0.15, 0.2) is 0 Å². The summed E-state index contributed by atoms with van der Waals surface area (Å²) in [5.74, 6) is -0.418. The van der Waals surface area contributed by atoms with Crippen molar-refractivity contribution in [2.45, 2.75) is 24.6 Å². The summed E-state index contributed by atoms with van der Waals surface area (Å²) in [6.07, 6.45) is -6.04. The first-order valence-electron chi connectivity index (χ1n) is 4.69. The van der Waals surface area contributed by atoms with Gasteiger partial charge in [-0.1, -0.05) is 34.1 Å². The molecule has 0 bridgehead atoms. The molecule has 94 valence electrons. The Kier molecular flexibility index (Phi) is 4.68. The highest BCUT2D eigenvalue weighted by Crippen LogP contribution is 2.38. The van der Waals surface area contributed by atoms with Gasteiger partial charge in [0.2, 0.25) is 0 Å². The number of alkyl halides is 5. The highest BCUT2D eigenvalue weighted by atomic mass is 79.9. The maximum Gasteiger partial charge on any atom is 0.264 e. The van der Waals surface area contributed by atoms with Gasteiger partial charge in [-0.25, -0.2) is 17.6 Å². The Bertz CT molecular complexity index is 420. The van der Waals surface area contributed by atoms with E-state index < -0.39 is 34.6 Å². The molecule has 0 saturated heterocycles. The van der Waals surface area contributed by atoms with E-state index >= 15 is 0 Å². The molecule has 1 aromatic carbocycles. The van der Waals surface area contributed by atoms with Crippen molar-refractivity contribution in [1.82, 2.24) is 0 Å². The van der Waals surface area contributed by atoms with Gasteiger partial charge < -0.3 is 0 Å². The molecule has 0 aliphatic carbocycles. The summed E-state index contributed by atoms with van der Waals surface area (Å²) in [6, 6.07) is 3.42. The molecule has 0 aliphatic rings. The van der Waals surface area contributed by atoms with Crippen molar-refractivity contribution in [3.63, 3.8) is 0 Å². The Morgan fingerprint density at radius 1 is 1.12 bits per heavy atom. The molecule has 0 N–H and O–H groups in total. The number of rotatable bonds is 4. The van der Waals surface area contributed by atoms with Gasteiger partial charge >= 0.3 is 0 Å². The summed E-state index contributed by atoms with van der Waals surface area (Å²) in [5.41, 5.74) is -1.60. The second kappa shape index (κ2) is 5.62. The van der Waals surface area contributed by atoms with Gasteiger partial charge in [0.05, 0.1) is 4.83 Å². The maximum atomic E-state index is 12.8. The van der Waals surface area contributed by atoms with Crippen LogP contribution in [0.15, 0.2) is 18.2 Å². The topological polar surface area (TPSA) is 17.1 Å². The van der Waals surface area contributed by atoms with Crippen LogP contribution in [0.1, 0.15) is 41.3 Å². The number of carbonyl (C=O) groups excluding carboxylic acids is 1. The molecule has 0 spiro atoms. The number of benzene rings is 1. The molecule has 1 rings (SSSR count). The van der Waals surface area contributed by atoms with Gasteiger partial charge in [-0.3, -0.25) is 4.79 Å². The fourth-order valence-electron chi connectivity index (χ4n) is 1.48. The first kappa shape index (κ1) is 14.2. The molecule has 6 heteroatoms. The van der Waals surface area contributed by atoms with Crippen LogP contribution in [0.3, 0.4) is 0 Å². The monoisotopic (exact) mass is 312 g/mol. The minimum Gasteiger partial charge on any atom is -0.298 e. The van der Waals surface area contributed by atoms with Crippen LogP contribution in [0.25, 0.3) is 0 Å². The van der Waals surface area contributed by atoms with E-state index in [1.165, 1.54) is 19.1 Å². The first-order chi connectivity index (χ1) is 7.86. The average Bonchev–Trinajstić information content (AvgIpc) is 2.26. The van der Waals surface area contributed by atoms with E-state index in [0.717, 1.165) is 6.07 Å². The van der Waals surface area contributed by atoms with E-state index in [-0.39, 0.29) is 5.56 Å². The molecule has 0 fully saturated rings. The Balaban J connectivity index is 3.40. The zero-order valence-electron chi connectivity index (χ0n) is 8.76. The van der Waals surface area contributed by atoms with Crippen molar-refractivity contribution in [2.75, 3.05) is 0 Å². The zero-order chi connectivity index (χ0) is 13.2. The molecule has 1 aromatic rings. The Morgan fingerprint density at radius 2 is 1.65 bits per heavy atom. The van der Waals surface area contributed by atoms with Crippen LogP contribution in [0, 0.1) is 0 Å². The molecule has 0 heterocycles. The van der Waals surface area contributed by atoms with Gasteiger partial charge in [0.25, 0.3) is 12.9 Å². The lowest BCUT2D eigenvalue weighted by Crippen LogP contribution is -2.08. The molecule has 1 atom stereocenters. The summed E-state index contributed by atoms with van der Waals surface area (Å²) in [4.78, 5) is 10.1. The fourth-order valence-corrected chi connectivity index (χ4v) is 1.88. The van der Waals surface area contributed by atoms with Gasteiger partial charge in [-0.15, -0.1) is 0 Å². The minimum absolute atomic E-state index is 0.106. The SMILES string of the molecule is CC(=O)C(Br)c1cccc(C(F)F)c1C(F)F. The predicted octanol–water partition coefficient (Wildman–Crippen LogP) is 4.59. The van der Waals surface area contributed by atoms with Gasteiger partial charge in [0.1, 0.15) is 5.78 Å². The third kappa shape index (κ3) is 3.06. The number of ketones is 1. The van der Waals surface area contributed by atoms with Gasteiger partial charge in [0, 0.05) is 11.1 Å². The maximum absolute atomic E-state index is 12.8. The standard InChI is InChI=1S/C11H9BrF4O/c1-5(17)9(12)6-3-2-4-7(10(13)14)8(6)11(15)16/h2-4,9-11H,1H3. The van der Waals surface area contributed by atoms with Crippen molar-refractivity contribution in [1.29, 1.82) is 0 Å². The fraction of sp³-hybridized carbons (Fsp3) is 0.364. The van der Waals surface area contributed by atoms with Crippen LogP contribution in [0.4, 0.5) is 17.6 Å². The molecular weight excluding hydrogens is 304 g/mol. The van der Waals surface area contributed by atoms with Crippen molar-refractivity contribution < 1.29 is 22.4 Å². The predicted molar refractivity (Wildman–Crippen MR) is 58.7 cm³/mol. The van der Waals surface area contributed by atoms with Crippen LogP contribution in [-0.4, -0.2) is 5.78 Å². The summed E-state index contributed by atoms with van der Waals surface area (Å²) >= 11 is 2.92. The van der Waals surface area contributed by atoms with Crippen LogP contribution in [-0.2, 0) is 4.79 Å². The van der Waals surface area contributed by atoms with Gasteiger partial charge in [-0.05, 0) is 12.5 Å². The number of hydrogen-bond donors (Lipinski definition) is 0. The Hall–Kier alpha value is -0.910. The van der Waals surface area contributed by atoms with E-state index in [1.54, 1.807) is 0 Å². The zero-order valence-corrected chi connectivity index (χ0v) is 10.3. The quantitative estimate of drug-likeness (QED) is 0.587. The van der Waals surface area contributed by atoms with E-state index in [4.69, 9.17) is 0 Å². The average molecular weight is 313 g/mol. The molecule has 0 aliphatic heterocycles. The first-order valence-corrected chi connectivity index (χ1v) is 5.61. The van der Waals surface area contributed by atoms with Crippen LogP contribution < -0.4 is 0 Å². The normalized spacial score (nSPS) is 13.2. The highest BCUT2D eigenvalue weighted by Gasteiger charge is 2.27. The molecule has 0 amide bonds. The molecule has 0 aromatic heterocycles. The summed E-state index contributed by atoms with van der Waals surface area (Å²) < 4.78 is 50.8. The number of halogens is 5. The third-order valence-electron chi connectivity index (χ3n) is 2.26. The van der Waals surface area contributed by atoms with Crippen molar-refractivity contribution >= 4 is 21.7 Å². The summed E-state index contributed by atoms with van der Waals surface area (Å²) in [7, 11) is 0. The minimum atomic E-state index is -3.05. The van der Waals surface area contributed by atoms with Crippen LogP contribution in [0.5, 0.6) is 0 Å². The van der Waals surface area contributed by atoms with Crippen LogP contribution >= 0.6 is 15.9 Å². The number of carbonyl (C=O) groups is 1. The largest absolute Gasteiger partial charge is 0.298 e. The van der Waals surface area contributed by atoms with Gasteiger partial charge in [-0.2, -0.15) is 0 Å². The lowest BCUT2D eigenvalue weighted by atomic mass is 9.98. The van der Waals surface area contributed by atoms with E-state index in [1.807, 2.05) is 0 Å². The van der Waals surface area contributed by atoms with E-state index in [0.29, 0.717) is 0 Å². The molecule has 0 saturated carbocycles. The Morgan fingerprint density at radius 3 is 2.06 bits per heavy atom. The molecule has 0 radical (unpaired) electrons. The second-order valence-electron chi connectivity index (χ2n) is 3.42. The highest BCUT2D eigenvalue weighted by molar-refractivity contribution is 9.09. The molecule has 1 unspecified atom stereocenters. The lowest BCUT2D eigenvalue weighted by Gasteiger charge is -2.16. The number of hydrogen-bond acceptors (Lipinski definition) is 1. The lowest BCUT2D eigenvalue weighted by molar-refractivity contribution is -0.116. The molecular formula is C11H9BrF4O. The van der Waals surface area contributed by atoms with Crippen molar-refractivity contribution in [3.05, 3.63) is 34.9 Å². The summed E-state index contributed by atoms with van der Waals surface area (Å²) in [5, 5.41) is 0. The van der Waals surface area contributed by atoms with Crippen molar-refractivity contribution in [3.8, 4) is 0 Å². The van der Waals surface area contributed by atoms with Crippen LogP contribution in [0.2, 0.25) is 0 Å². The van der Waals surface area contributed by atoms with E-state index in [2.05, 4.69) is 15.9 Å². The second-order valence-corrected chi connectivity index (χ2v) is 4.34. The van der Waals surface area contributed by atoms with Crippen molar-refractivity contribution in [2.24, 2.45) is 0 Å². The molecule has 1 nitrogen and oxygen atoms in total. The Labute approximate surface area is 104 Å². The number of Topliss-reactive ketones (excluding diaryl/α,β-unsaturated/α-hetero) is 1.